The summed E-state index contributed by atoms with van der Waals surface area (Å²) in [5, 5.41) is 0. The van der Waals surface area contributed by atoms with E-state index in [4.69, 9.17) is 9.47 Å². The summed E-state index contributed by atoms with van der Waals surface area (Å²) in [6.45, 7) is 4.40. The second kappa shape index (κ2) is 5.94. The third kappa shape index (κ3) is 2.61. The van der Waals surface area contributed by atoms with Gasteiger partial charge in [-0.25, -0.2) is 9.59 Å². The van der Waals surface area contributed by atoms with Crippen molar-refractivity contribution in [2.24, 2.45) is 0 Å². The van der Waals surface area contributed by atoms with Crippen LogP contribution >= 0.6 is 0 Å². The lowest BCUT2D eigenvalue weighted by Gasteiger charge is -2.34. The number of aryl methyl sites for hydroxylation is 1. The van der Waals surface area contributed by atoms with Crippen molar-refractivity contribution < 1.29 is 19.1 Å². The van der Waals surface area contributed by atoms with Gasteiger partial charge in [0.05, 0.1) is 20.3 Å². The molecule has 0 aromatic heterocycles. The van der Waals surface area contributed by atoms with Crippen molar-refractivity contribution in [2.45, 2.75) is 32.9 Å². The highest BCUT2D eigenvalue weighted by molar-refractivity contribution is 5.82. The number of methoxy groups -OCH3 is 1. The van der Waals surface area contributed by atoms with Gasteiger partial charge in [0, 0.05) is 6.42 Å². The van der Waals surface area contributed by atoms with E-state index < -0.39 is 18.1 Å². The average Bonchev–Trinajstić information content (AvgIpc) is 2.46. The molecular formula is C15H19NO4. The SMILES string of the molecule is CCOC(=O)N1Cc2cccc(C)c2CC1C(=O)OC. The van der Waals surface area contributed by atoms with Gasteiger partial charge in [0.25, 0.3) is 0 Å². The van der Waals surface area contributed by atoms with Gasteiger partial charge in [-0.1, -0.05) is 18.2 Å². The molecule has 1 aromatic carbocycles. The summed E-state index contributed by atoms with van der Waals surface area (Å²) >= 11 is 0. The Balaban J connectivity index is 2.35. The summed E-state index contributed by atoms with van der Waals surface area (Å²) in [4.78, 5) is 25.4. The van der Waals surface area contributed by atoms with Crippen LogP contribution in [-0.2, 0) is 27.2 Å². The number of esters is 1. The lowest BCUT2D eigenvalue weighted by molar-refractivity contribution is -0.147. The van der Waals surface area contributed by atoms with Crippen LogP contribution in [0.3, 0.4) is 0 Å². The molecule has 0 bridgehead atoms. The minimum absolute atomic E-state index is 0.282. The largest absolute Gasteiger partial charge is 0.467 e. The molecule has 0 saturated heterocycles. The molecule has 5 heteroatoms. The third-order valence-electron chi connectivity index (χ3n) is 3.60. The maximum absolute atomic E-state index is 12.0. The van der Waals surface area contributed by atoms with Gasteiger partial charge in [0.15, 0.2) is 0 Å². The number of carbonyl (C=O) groups excluding carboxylic acids is 2. The number of hydrogen-bond acceptors (Lipinski definition) is 4. The normalized spacial score (nSPS) is 17.4. The zero-order valence-electron chi connectivity index (χ0n) is 12.0. The van der Waals surface area contributed by atoms with Crippen LogP contribution in [0.15, 0.2) is 18.2 Å². The highest BCUT2D eigenvalue weighted by Gasteiger charge is 2.36. The monoisotopic (exact) mass is 277 g/mol. The van der Waals surface area contributed by atoms with Gasteiger partial charge >= 0.3 is 12.1 Å². The summed E-state index contributed by atoms with van der Waals surface area (Å²) < 4.78 is 9.85. The van der Waals surface area contributed by atoms with Crippen LogP contribution in [0.1, 0.15) is 23.6 Å². The smallest absolute Gasteiger partial charge is 0.410 e. The predicted molar refractivity (Wildman–Crippen MR) is 73.3 cm³/mol. The van der Waals surface area contributed by atoms with Crippen LogP contribution in [-0.4, -0.2) is 36.7 Å². The van der Waals surface area contributed by atoms with E-state index in [1.54, 1.807) is 6.92 Å². The molecule has 20 heavy (non-hydrogen) atoms. The fourth-order valence-corrected chi connectivity index (χ4v) is 2.55. The van der Waals surface area contributed by atoms with Crippen molar-refractivity contribution in [3.63, 3.8) is 0 Å². The molecule has 1 atom stereocenters. The Morgan fingerprint density at radius 2 is 2.15 bits per heavy atom. The summed E-state index contributed by atoms with van der Waals surface area (Å²) in [6, 6.07) is 5.32. The third-order valence-corrected chi connectivity index (χ3v) is 3.60. The quantitative estimate of drug-likeness (QED) is 0.776. The van der Waals surface area contributed by atoms with E-state index in [0.717, 1.165) is 16.7 Å². The lowest BCUT2D eigenvalue weighted by atomic mass is 9.91. The van der Waals surface area contributed by atoms with Crippen molar-refractivity contribution in [3.8, 4) is 0 Å². The molecule has 5 nitrogen and oxygen atoms in total. The van der Waals surface area contributed by atoms with Gasteiger partial charge in [-0.15, -0.1) is 0 Å². The molecule has 1 aliphatic heterocycles. The van der Waals surface area contributed by atoms with Gasteiger partial charge in [0.2, 0.25) is 0 Å². The van der Waals surface area contributed by atoms with Crippen LogP contribution in [0.5, 0.6) is 0 Å². The first-order valence-electron chi connectivity index (χ1n) is 6.67. The Morgan fingerprint density at radius 3 is 2.80 bits per heavy atom. The van der Waals surface area contributed by atoms with Gasteiger partial charge in [-0.2, -0.15) is 0 Å². The van der Waals surface area contributed by atoms with Crippen molar-refractivity contribution in [1.82, 2.24) is 4.90 Å². The second-order valence-corrected chi connectivity index (χ2v) is 4.78. The fourth-order valence-electron chi connectivity index (χ4n) is 2.55. The summed E-state index contributed by atoms with van der Waals surface area (Å²) in [5.41, 5.74) is 3.29. The van der Waals surface area contributed by atoms with Gasteiger partial charge in [-0.05, 0) is 30.5 Å². The Kier molecular flexibility index (Phi) is 4.27. The maximum Gasteiger partial charge on any atom is 0.410 e. The number of hydrogen-bond donors (Lipinski definition) is 0. The molecule has 0 radical (unpaired) electrons. The zero-order valence-corrected chi connectivity index (χ0v) is 12.0. The molecule has 1 aliphatic rings. The number of benzene rings is 1. The van der Waals surface area contributed by atoms with Crippen LogP contribution in [0.4, 0.5) is 4.79 Å². The van der Waals surface area contributed by atoms with E-state index in [9.17, 15) is 9.59 Å². The van der Waals surface area contributed by atoms with E-state index in [0.29, 0.717) is 13.0 Å². The highest BCUT2D eigenvalue weighted by Crippen LogP contribution is 2.27. The summed E-state index contributed by atoms with van der Waals surface area (Å²) in [7, 11) is 1.33. The Bertz CT molecular complexity index is 527. The summed E-state index contributed by atoms with van der Waals surface area (Å²) in [6.07, 6.45) is -0.0110. The first-order valence-corrected chi connectivity index (χ1v) is 6.67. The van der Waals surface area contributed by atoms with E-state index in [1.807, 2.05) is 25.1 Å². The van der Waals surface area contributed by atoms with Gasteiger partial charge < -0.3 is 9.47 Å². The Morgan fingerprint density at radius 1 is 1.40 bits per heavy atom. The molecule has 0 spiro atoms. The number of nitrogens with zero attached hydrogens (tertiary/aromatic N) is 1. The summed E-state index contributed by atoms with van der Waals surface area (Å²) in [5.74, 6) is -0.410. The molecule has 1 amide bonds. The molecule has 2 rings (SSSR count). The van der Waals surface area contributed by atoms with Crippen LogP contribution < -0.4 is 0 Å². The second-order valence-electron chi connectivity index (χ2n) is 4.78. The number of fused-ring (bicyclic) bond motifs is 1. The van der Waals surface area contributed by atoms with Crippen molar-refractivity contribution in [2.75, 3.05) is 13.7 Å². The van der Waals surface area contributed by atoms with Crippen LogP contribution in [0.2, 0.25) is 0 Å². The molecule has 0 saturated carbocycles. The fraction of sp³-hybridized carbons (Fsp3) is 0.467. The number of carbonyl (C=O) groups is 2. The molecule has 0 N–H and O–H groups in total. The van der Waals surface area contributed by atoms with E-state index in [2.05, 4.69) is 0 Å². The number of ether oxygens (including phenoxy) is 2. The zero-order chi connectivity index (χ0) is 14.7. The topological polar surface area (TPSA) is 55.8 Å². The minimum atomic E-state index is -0.618. The Hall–Kier alpha value is -2.04. The van der Waals surface area contributed by atoms with Gasteiger partial charge in [-0.3, -0.25) is 4.90 Å². The highest BCUT2D eigenvalue weighted by atomic mass is 16.6. The van der Waals surface area contributed by atoms with E-state index >= 15 is 0 Å². The predicted octanol–water partition coefficient (Wildman–Crippen LogP) is 2.05. The molecule has 1 aromatic rings. The first kappa shape index (κ1) is 14.4. The molecule has 0 fully saturated rings. The lowest BCUT2D eigenvalue weighted by Crippen LogP contribution is -2.49. The van der Waals surface area contributed by atoms with Gasteiger partial charge in [0.1, 0.15) is 6.04 Å². The van der Waals surface area contributed by atoms with Crippen LogP contribution in [0.25, 0.3) is 0 Å². The molecular weight excluding hydrogens is 258 g/mol. The average molecular weight is 277 g/mol. The van der Waals surface area contributed by atoms with Crippen molar-refractivity contribution >= 4 is 12.1 Å². The van der Waals surface area contributed by atoms with Crippen molar-refractivity contribution in [1.29, 1.82) is 0 Å². The molecule has 1 heterocycles. The standard InChI is InChI=1S/C15H19NO4/c1-4-20-15(18)16-9-11-7-5-6-10(2)12(11)8-13(16)14(17)19-3/h5-7,13H,4,8-9H2,1-3H3. The maximum atomic E-state index is 12.0. The molecule has 1 unspecified atom stereocenters. The Labute approximate surface area is 118 Å². The first-order chi connectivity index (χ1) is 9.58. The van der Waals surface area contributed by atoms with Crippen molar-refractivity contribution in [3.05, 3.63) is 34.9 Å². The van der Waals surface area contributed by atoms with E-state index in [-0.39, 0.29) is 6.61 Å². The number of amides is 1. The number of rotatable bonds is 2. The molecule has 0 aliphatic carbocycles. The van der Waals surface area contributed by atoms with Crippen LogP contribution in [0, 0.1) is 6.92 Å². The van der Waals surface area contributed by atoms with E-state index in [1.165, 1.54) is 12.0 Å². The minimum Gasteiger partial charge on any atom is -0.467 e. The molecule has 108 valence electrons.